The van der Waals surface area contributed by atoms with Crippen LogP contribution in [0.25, 0.3) is 0 Å². The SMILES string of the molecule is CCOC1CC(O)C12CCN(Cc1nc(CC(C)C)no1)CC2. The van der Waals surface area contributed by atoms with E-state index in [0.29, 0.717) is 18.4 Å². The minimum absolute atomic E-state index is 0.0237. The van der Waals surface area contributed by atoms with Crippen LogP contribution in [-0.4, -0.2) is 52.1 Å². The molecule has 2 unspecified atom stereocenters. The number of likely N-dealkylation sites (tertiary alicyclic amines) is 1. The van der Waals surface area contributed by atoms with E-state index in [9.17, 15) is 5.11 Å². The second-order valence-electron chi connectivity index (χ2n) is 7.41. The number of aliphatic hydroxyl groups is 1. The van der Waals surface area contributed by atoms with E-state index >= 15 is 0 Å². The summed E-state index contributed by atoms with van der Waals surface area (Å²) in [7, 11) is 0. The minimum Gasteiger partial charge on any atom is -0.392 e. The van der Waals surface area contributed by atoms with Gasteiger partial charge < -0.3 is 14.4 Å². The van der Waals surface area contributed by atoms with Gasteiger partial charge in [-0.1, -0.05) is 19.0 Å². The smallest absolute Gasteiger partial charge is 0.240 e. The first kappa shape index (κ1) is 16.9. The number of aliphatic hydroxyl groups excluding tert-OH is 1. The predicted octanol–water partition coefficient (Wildman–Crippen LogP) is 2.02. The van der Waals surface area contributed by atoms with Crippen molar-refractivity contribution in [1.82, 2.24) is 15.0 Å². The lowest BCUT2D eigenvalue weighted by Crippen LogP contribution is -2.62. The number of aromatic nitrogens is 2. The van der Waals surface area contributed by atoms with Crippen molar-refractivity contribution in [3.63, 3.8) is 0 Å². The minimum atomic E-state index is -0.206. The van der Waals surface area contributed by atoms with Gasteiger partial charge in [0.25, 0.3) is 0 Å². The molecule has 1 saturated heterocycles. The highest BCUT2D eigenvalue weighted by Gasteiger charge is 2.55. The first-order valence-corrected chi connectivity index (χ1v) is 8.87. The van der Waals surface area contributed by atoms with Gasteiger partial charge in [-0.3, -0.25) is 4.90 Å². The molecule has 1 aromatic rings. The Bertz CT molecular complexity index is 507. The van der Waals surface area contributed by atoms with Gasteiger partial charge in [-0.15, -0.1) is 0 Å². The molecular formula is C17H29N3O3. The van der Waals surface area contributed by atoms with Crippen LogP contribution in [0.3, 0.4) is 0 Å². The molecule has 1 N–H and O–H groups in total. The van der Waals surface area contributed by atoms with Crippen molar-refractivity contribution >= 4 is 0 Å². The standard InChI is InChI=1S/C17H29N3O3/c1-4-22-14-10-13(21)17(14)5-7-20(8-6-17)11-16-18-15(19-23-16)9-12(2)3/h12-14,21H,4-11H2,1-3H3. The van der Waals surface area contributed by atoms with Crippen LogP contribution in [0.4, 0.5) is 0 Å². The first-order chi connectivity index (χ1) is 11.0. The molecule has 1 aliphatic carbocycles. The molecule has 1 aliphatic heterocycles. The lowest BCUT2D eigenvalue weighted by molar-refractivity contribution is -0.210. The van der Waals surface area contributed by atoms with Gasteiger partial charge in [-0.25, -0.2) is 0 Å². The number of ether oxygens (including phenoxy) is 1. The Hall–Kier alpha value is -0.980. The van der Waals surface area contributed by atoms with Gasteiger partial charge in [0.05, 0.1) is 18.8 Å². The Labute approximate surface area is 138 Å². The van der Waals surface area contributed by atoms with Crippen molar-refractivity contribution in [2.45, 2.75) is 65.2 Å². The van der Waals surface area contributed by atoms with Crippen LogP contribution < -0.4 is 0 Å². The van der Waals surface area contributed by atoms with E-state index in [4.69, 9.17) is 9.26 Å². The molecule has 0 bridgehead atoms. The normalized spacial score (nSPS) is 27.5. The van der Waals surface area contributed by atoms with Crippen LogP contribution in [0.1, 0.15) is 51.7 Å². The molecule has 0 radical (unpaired) electrons. The lowest BCUT2D eigenvalue weighted by Gasteiger charge is -2.56. The second-order valence-corrected chi connectivity index (χ2v) is 7.41. The number of hydrogen-bond acceptors (Lipinski definition) is 6. The molecule has 1 aromatic heterocycles. The fourth-order valence-electron chi connectivity index (χ4n) is 3.94. The molecule has 2 heterocycles. The third-order valence-electron chi connectivity index (χ3n) is 5.36. The molecule has 2 aliphatic rings. The summed E-state index contributed by atoms with van der Waals surface area (Å²) in [5.41, 5.74) is -0.0237. The topological polar surface area (TPSA) is 71.6 Å². The average molecular weight is 323 g/mol. The molecule has 6 heteroatoms. The maximum Gasteiger partial charge on any atom is 0.240 e. The molecule has 0 amide bonds. The van der Waals surface area contributed by atoms with Gasteiger partial charge >= 0.3 is 0 Å². The summed E-state index contributed by atoms with van der Waals surface area (Å²) < 4.78 is 11.2. The zero-order chi connectivity index (χ0) is 16.4. The number of nitrogens with zero attached hydrogens (tertiary/aromatic N) is 3. The molecule has 23 heavy (non-hydrogen) atoms. The summed E-state index contributed by atoms with van der Waals surface area (Å²) in [5, 5.41) is 14.3. The summed E-state index contributed by atoms with van der Waals surface area (Å²) in [6.07, 6.45) is 3.62. The zero-order valence-electron chi connectivity index (χ0n) is 14.5. The maximum absolute atomic E-state index is 10.2. The van der Waals surface area contributed by atoms with Crippen LogP contribution >= 0.6 is 0 Å². The third-order valence-corrected chi connectivity index (χ3v) is 5.36. The Morgan fingerprint density at radius 3 is 2.74 bits per heavy atom. The molecule has 1 saturated carbocycles. The summed E-state index contributed by atoms with van der Waals surface area (Å²) in [5.74, 6) is 2.03. The van der Waals surface area contributed by atoms with Gasteiger partial charge in [0.1, 0.15) is 0 Å². The van der Waals surface area contributed by atoms with Crippen molar-refractivity contribution in [3.8, 4) is 0 Å². The molecule has 6 nitrogen and oxygen atoms in total. The fourth-order valence-corrected chi connectivity index (χ4v) is 3.94. The second kappa shape index (κ2) is 6.87. The van der Waals surface area contributed by atoms with Crippen molar-refractivity contribution in [2.75, 3.05) is 19.7 Å². The highest BCUT2D eigenvalue weighted by atomic mass is 16.5. The molecule has 130 valence electrons. The van der Waals surface area contributed by atoms with E-state index < -0.39 is 0 Å². The first-order valence-electron chi connectivity index (χ1n) is 8.87. The Morgan fingerprint density at radius 1 is 1.39 bits per heavy atom. The summed E-state index contributed by atoms with van der Waals surface area (Å²) in [6.45, 7) is 9.65. The fraction of sp³-hybridized carbons (Fsp3) is 0.882. The molecule has 2 fully saturated rings. The van der Waals surface area contributed by atoms with Crippen LogP contribution in [0.15, 0.2) is 4.52 Å². The van der Waals surface area contributed by atoms with E-state index in [1.807, 2.05) is 6.92 Å². The van der Waals surface area contributed by atoms with E-state index in [2.05, 4.69) is 28.9 Å². The molecule has 2 atom stereocenters. The largest absolute Gasteiger partial charge is 0.392 e. The van der Waals surface area contributed by atoms with Crippen LogP contribution in [0, 0.1) is 11.3 Å². The van der Waals surface area contributed by atoms with E-state index in [-0.39, 0.29) is 17.6 Å². The highest BCUT2D eigenvalue weighted by Crippen LogP contribution is 2.51. The predicted molar refractivity (Wildman–Crippen MR) is 85.8 cm³/mol. The van der Waals surface area contributed by atoms with Gasteiger partial charge in [0.15, 0.2) is 5.82 Å². The van der Waals surface area contributed by atoms with Crippen LogP contribution in [0.5, 0.6) is 0 Å². The van der Waals surface area contributed by atoms with Crippen molar-refractivity contribution in [2.24, 2.45) is 11.3 Å². The lowest BCUT2D eigenvalue weighted by atomic mass is 9.58. The average Bonchev–Trinajstić information content (AvgIpc) is 2.94. The third kappa shape index (κ3) is 3.44. The Morgan fingerprint density at radius 2 is 2.13 bits per heavy atom. The maximum atomic E-state index is 10.2. The van der Waals surface area contributed by atoms with Gasteiger partial charge in [0, 0.05) is 24.9 Å². The Kier molecular flexibility index (Phi) is 5.04. The molecular weight excluding hydrogens is 294 g/mol. The Balaban J connectivity index is 1.52. The van der Waals surface area contributed by atoms with Gasteiger partial charge in [-0.2, -0.15) is 4.98 Å². The number of rotatable bonds is 6. The van der Waals surface area contributed by atoms with Gasteiger partial charge in [0.2, 0.25) is 5.89 Å². The monoisotopic (exact) mass is 323 g/mol. The molecule has 0 aromatic carbocycles. The summed E-state index contributed by atoms with van der Waals surface area (Å²) >= 11 is 0. The van der Waals surface area contributed by atoms with E-state index in [1.54, 1.807) is 0 Å². The summed E-state index contributed by atoms with van der Waals surface area (Å²) in [4.78, 5) is 6.82. The van der Waals surface area contributed by atoms with E-state index in [1.165, 1.54) is 0 Å². The van der Waals surface area contributed by atoms with Crippen molar-refractivity contribution in [1.29, 1.82) is 0 Å². The number of hydrogen-bond donors (Lipinski definition) is 1. The highest BCUT2D eigenvalue weighted by molar-refractivity contribution is 5.06. The quantitative estimate of drug-likeness (QED) is 0.863. The van der Waals surface area contributed by atoms with E-state index in [0.717, 1.165) is 51.2 Å². The van der Waals surface area contributed by atoms with Crippen molar-refractivity contribution < 1.29 is 14.4 Å². The van der Waals surface area contributed by atoms with Gasteiger partial charge in [-0.05, 0) is 38.8 Å². The summed E-state index contributed by atoms with van der Waals surface area (Å²) in [6, 6.07) is 0. The van der Waals surface area contributed by atoms with Crippen molar-refractivity contribution in [3.05, 3.63) is 11.7 Å². The van der Waals surface area contributed by atoms with Crippen LogP contribution in [-0.2, 0) is 17.7 Å². The zero-order valence-corrected chi connectivity index (χ0v) is 14.5. The number of piperidine rings is 1. The molecule has 3 rings (SSSR count). The van der Waals surface area contributed by atoms with Crippen LogP contribution in [0.2, 0.25) is 0 Å². The molecule has 1 spiro atoms.